The molecule has 1 aliphatic rings. The molecule has 1 aliphatic heterocycles. The van der Waals surface area contributed by atoms with Gasteiger partial charge in [0.25, 0.3) is 0 Å². The summed E-state index contributed by atoms with van der Waals surface area (Å²) in [6, 6.07) is 9.98. The van der Waals surface area contributed by atoms with Crippen LogP contribution in [0.5, 0.6) is 11.5 Å². The summed E-state index contributed by atoms with van der Waals surface area (Å²) in [5.41, 5.74) is 2.41. The minimum absolute atomic E-state index is 0.472. The minimum Gasteiger partial charge on any atom is -0.493 e. The molecular formula is C23H27N3O3. The van der Waals surface area contributed by atoms with E-state index < -0.39 is 5.60 Å². The van der Waals surface area contributed by atoms with Gasteiger partial charge in [0.15, 0.2) is 17.3 Å². The Hall–Kier alpha value is -2.86. The third-order valence-electron chi connectivity index (χ3n) is 6.02. The molecular weight excluding hydrogens is 366 g/mol. The number of hydrogen-bond donors (Lipinski definition) is 1. The van der Waals surface area contributed by atoms with Gasteiger partial charge in [-0.05, 0) is 55.5 Å². The van der Waals surface area contributed by atoms with Crippen molar-refractivity contribution in [1.82, 2.24) is 10.2 Å². The first-order valence-electron chi connectivity index (χ1n) is 9.88. The molecule has 1 atom stereocenters. The van der Waals surface area contributed by atoms with Gasteiger partial charge in [0.1, 0.15) is 5.60 Å². The third-order valence-corrected chi connectivity index (χ3v) is 6.02. The summed E-state index contributed by atoms with van der Waals surface area (Å²) >= 11 is 0. The molecule has 1 fully saturated rings. The third kappa shape index (κ3) is 3.38. The lowest BCUT2D eigenvalue weighted by Gasteiger charge is -2.41. The van der Waals surface area contributed by atoms with Crippen molar-refractivity contribution >= 4 is 16.6 Å². The lowest BCUT2D eigenvalue weighted by Crippen LogP contribution is -2.47. The van der Waals surface area contributed by atoms with Crippen molar-refractivity contribution in [2.75, 3.05) is 32.2 Å². The number of anilines is 1. The monoisotopic (exact) mass is 393 g/mol. The van der Waals surface area contributed by atoms with E-state index in [1.165, 1.54) is 5.56 Å². The highest BCUT2D eigenvalue weighted by Crippen LogP contribution is 2.39. The molecule has 0 bridgehead atoms. The van der Waals surface area contributed by atoms with Gasteiger partial charge in [0.2, 0.25) is 0 Å². The Kier molecular flexibility index (Phi) is 5.04. The van der Waals surface area contributed by atoms with Crippen molar-refractivity contribution in [2.24, 2.45) is 0 Å². The molecule has 6 heteroatoms. The normalized spacial score (nSPS) is 19.4. The Morgan fingerprint density at radius 2 is 1.86 bits per heavy atom. The van der Waals surface area contributed by atoms with Crippen LogP contribution in [0.2, 0.25) is 0 Å². The number of aliphatic hydroxyl groups is 1. The first-order chi connectivity index (χ1) is 14.0. The topological polar surface area (TPSA) is 67.7 Å². The van der Waals surface area contributed by atoms with Crippen molar-refractivity contribution in [1.29, 1.82) is 0 Å². The van der Waals surface area contributed by atoms with Crippen LogP contribution in [0.25, 0.3) is 10.8 Å². The second-order valence-corrected chi connectivity index (χ2v) is 7.77. The van der Waals surface area contributed by atoms with E-state index in [2.05, 4.69) is 35.0 Å². The maximum absolute atomic E-state index is 11.6. The number of β-amino-alcohol motifs (C(OH)–C–C–N with tert-alkyl or cyclic N) is 1. The van der Waals surface area contributed by atoms with Crippen LogP contribution in [-0.2, 0) is 5.60 Å². The Balaban J connectivity index is 1.77. The lowest BCUT2D eigenvalue weighted by atomic mass is 9.82. The van der Waals surface area contributed by atoms with E-state index in [1.54, 1.807) is 20.4 Å². The van der Waals surface area contributed by atoms with Gasteiger partial charge in [-0.25, -0.2) is 0 Å². The van der Waals surface area contributed by atoms with Crippen molar-refractivity contribution in [2.45, 2.75) is 32.3 Å². The molecule has 0 radical (unpaired) electrons. The maximum atomic E-state index is 11.6. The van der Waals surface area contributed by atoms with Gasteiger partial charge in [-0.3, -0.25) is 0 Å². The number of aryl methyl sites for hydroxylation is 1. The van der Waals surface area contributed by atoms with Gasteiger partial charge >= 0.3 is 0 Å². The molecule has 0 amide bonds. The summed E-state index contributed by atoms with van der Waals surface area (Å²) in [7, 11) is 3.24. The van der Waals surface area contributed by atoms with E-state index in [-0.39, 0.29) is 0 Å². The largest absolute Gasteiger partial charge is 0.493 e. The zero-order valence-corrected chi connectivity index (χ0v) is 17.4. The fraction of sp³-hybridized carbons (Fsp3) is 0.391. The summed E-state index contributed by atoms with van der Waals surface area (Å²) in [5.74, 6) is 2.06. The first-order valence-corrected chi connectivity index (χ1v) is 9.88. The summed E-state index contributed by atoms with van der Waals surface area (Å²) in [6.45, 7) is 5.45. The second kappa shape index (κ2) is 7.52. The number of aromatic nitrogens is 2. The van der Waals surface area contributed by atoms with Gasteiger partial charge in [-0.2, -0.15) is 5.10 Å². The molecule has 1 aromatic heterocycles. The van der Waals surface area contributed by atoms with Crippen LogP contribution in [0.15, 0.2) is 36.5 Å². The van der Waals surface area contributed by atoms with Crippen molar-refractivity contribution in [3.63, 3.8) is 0 Å². The molecule has 1 unspecified atom stereocenters. The number of methoxy groups -OCH3 is 2. The van der Waals surface area contributed by atoms with Crippen LogP contribution in [0.3, 0.4) is 0 Å². The van der Waals surface area contributed by atoms with Crippen molar-refractivity contribution in [3.8, 4) is 11.5 Å². The number of benzene rings is 2. The average molecular weight is 393 g/mol. The first kappa shape index (κ1) is 19.5. The molecule has 6 nitrogen and oxygen atoms in total. The SMILES string of the molecule is COc1cc2cnnc(N3CCCC(O)(c4cccc(C)c4C)C3)c2cc1OC. The molecule has 0 saturated carbocycles. The van der Waals surface area contributed by atoms with E-state index in [4.69, 9.17) is 9.47 Å². The second-order valence-electron chi connectivity index (χ2n) is 7.77. The Morgan fingerprint density at radius 1 is 1.10 bits per heavy atom. The lowest BCUT2D eigenvalue weighted by molar-refractivity contribution is 0.0211. The van der Waals surface area contributed by atoms with Crippen LogP contribution in [0.4, 0.5) is 5.82 Å². The Morgan fingerprint density at radius 3 is 2.62 bits per heavy atom. The van der Waals surface area contributed by atoms with Gasteiger partial charge in [0.05, 0.1) is 27.0 Å². The molecule has 2 heterocycles. The highest BCUT2D eigenvalue weighted by atomic mass is 16.5. The van der Waals surface area contributed by atoms with Crippen LogP contribution in [0, 0.1) is 13.8 Å². The molecule has 0 spiro atoms. The number of hydrogen-bond acceptors (Lipinski definition) is 6. The smallest absolute Gasteiger partial charge is 0.161 e. The highest BCUT2D eigenvalue weighted by molar-refractivity contribution is 5.94. The predicted molar refractivity (Wildman–Crippen MR) is 114 cm³/mol. The van der Waals surface area contributed by atoms with Crippen LogP contribution >= 0.6 is 0 Å². The maximum Gasteiger partial charge on any atom is 0.161 e. The van der Waals surface area contributed by atoms with Gasteiger partial charge in [0, 0.05) is 17.3 Å². The predicted octanol–water partition coefficient (Wildman–Crippen LogP) is 3.75. The quantitative estimate of drug-likeness (QED) is 0.728. The number of rotatable bonds is 4. The van der Waals surface area contributed by atoms with E-state index in [1.807, 2.05) is 24.3 Å². The Labute approximate surface area is 171 Å². The molecule has 1 saturated heterocycles. The fourth-order valence-electron chi connectivity index (χ4n) is 4.32. The van der Waals surface area contributed by atoms with Crippen LogP contribution < -0.4 is 14.4 Å². The molecule has 1 N–H and O–H groups in total. The molecule has 152 valence electrons. The van der Waals surface area contributed by atoms with Crippen molar-refractivity contribution < 1.29 is 14.6 Å². The minimum atomic E-state index is -0.922. The summed E-state index contributed by atoms with van der Waals surface area (Å²) in [6.07, 6.45) is 3.32. The van der Waals surface area contributed by atoms with Gasteiger partial charge in [-0.15, -0.1) is 5.10 Å². The molecule has 2 aromatic carbocycles. The van der Waals surface area contributed by atoms with E-state index in [0.717, 1.165) is 47.1 Å². The van der Waals surface area contributed by atoms with Gasteiger partial charge in [-0.1, -0.05) is 18.2 Å². The summed E-state index contributed by atoms with van der Waals surface area (Å²) in [5, 5.41) is 22.1. The Bertz CT molecular complexity index is 1050. The number of ether oxygens (including phenoxy) is 2. The van der Waals surface area contributed by atoms with Gasteiger partial charge < -0.3 is 19.5 Å². The fourth-order valence-corrected chi connectivity index (χ4v) is 4.32. The molecule has 4 rings (SSSR count). The van der Waals surface area contributed by atoms with E-state index in [9.17, 15) is 5.11 Å². The van der Waals surface area contributed by atoms with Crippen molar-refractivity contribution in [3.05, 3.63) is 53.2 Å². The standard InChI is InChI=1S/C23H27N3O3/c1-15-7-5-8-19(16(15)2)23(27)9-6-10-26(14-23)22-18-12-21(29-4)20(28-3)11-17(18)13-24-25-22/h5,7-8,11-13,27H,6,9-10,14H2,1-4H3. The number of fused-ring (bicyclic) bond motifs is 1. The number of nitrogens with zero attached hydrogens (tertiary/aromatic N) is 3. The van der Waals surface area contributed by atoms with Crippen LogP contribution in [-0.4, -0.2) is 42.6 Å². The zero-order chi connectivity index (χ0) is 20.6. The summed E-state index contributed by atoms with van der Waals surface area (Å²) in [4.78, 5) is 2.13. The van der Waals surface area contributed by atoms with E-state index in [0.29, 0.717) is 18.0 Å². The van der Waals surface area contributed by atoms with E-state index >= 15 is 0 Å². The molecule has 0 aliphatic carbocycles. The highest BCUT2D eigenvalue weighted by Gasteiger charge is 2.37. The molecule has 3 aromatic rings. The number of piperidine rings is 1. The zero-order valence-electron chi connectivity index (χ0n) is 17.4. The molecule has 29 heavy (non-hydrogen) atoms. The van der Waals surface area contributed by atoms with Crippen LogP contribution in [0.1, 0.15) is 29.5 Å². The summed E-state index contributed by atoms with van der Waals surface area (Å²) < 4.78 is 10.9. The average Bonchev–Trinajstić information content (AvgIpc) is 2.74.